The number of hydrogen-bond donors (Lipinski definition) is 2. The number of methoxy groups -OCH3 is 1. The molecule has 0 bridgehead atoms. The summed E-state index contributed by atoms with van der Waals surface area (Å²) in [6.07, 6.45) is 0. The largest absolute Gasteiger partial charge is 0.495 e. The van der Waals surface area contributed by atoms with Gasteiger partial charge in [0.05, 0.1) is 12.7 Å². The van der Waals surface area contributed by atoms with Gasteiger partial charge in [0, 0.05) is 10.7 Å². The van der Waals surface area contributed by atoms with Crippen molar-refractivity contribution in [2.45, 2.75) is 4.90 Å². The SMILES string of the molecule is COc1ccc(NC(=O)c2ccc(Cl)cc2F)cc1S(N)(=O)=O. The Morgan fingerprint density at radius 1 is 1.26 bits per heavy atom. The zero-order chi connectivity index (χ0) is 17.2. The third-order valence-electron chi connectivity index (χ3n) is 2.90. The molecular formula is C14H12ClFN2O4S. The molecule has 2 aromatic rings. The molecule has 0 aliphatic rings. The lowest BCUT2D eigenvalue weighted by atomic mass is 10.2. The van der Waals surface area contributed by atoms with Gasteiger partial charge in [-0.15, -0.1) is 0 Å². The van der Waals surface area contributed by atoms with Gasteiger partial charge in [0.15, 0.2) is 0 Å². The highest BCUT2D eigenvalue weighted by Gasteiger charge is 2.18. The fraction of sp³-hybridized carbons (Fsp3) is 0.0714. The van der Waals surface area contributed by atoms with Crippen LogP contribution in [0.1, 0.15) is 10.4 Å². The summed E-state index contributed by atoms with van der Waals surface area (Å²) in [7, 11) is -2.77. The molecule has 23 heavy (non-hydrogen) atoms. The van der Waals surface area contributed by atoms with E-state index in [0.29, 0.717) is 0 Å². The molecule has 0 spiro atoms. The van der Waals surface area contributed by atoms with E-state index in [-0.39, 0.29) is 26.9 Å². The fourth-order valence-corrected chi connectivity index (χ4v) is 2.73. The topological polar surface area (TPSA) is 98.5 Å². The molecular weight excluding hydrogens is 347 g/mol. The highest BCUT2D eigenvalue weighted by molar-refractivity contribution is 7.89. The number of ether oxygens (including phenoxy) is 1. The summed E-state index contributed by atoms with van der Waals surface area (Å²) < 4.78 is 41.7. The molecule has 3 N–H and O–H groups in total. The van der Waals surface area contributed by atoms with Gasteiger partial charge >= 0.3 is 0 Å². The van der Waals surface area contributed by atoms with Crippen LogP contribution in [0.5, 0.6) is 5.75 Å². The second-order valence-electron chi connectivity index (χ2n) is 4.49. The number of sulfonamides is 1. The first-order valence-electron chi connectivity index (χ1n) is 6.19. The van der Waals surface area contributed by atoms with E-state index in [1.54, 1.807) is 0 Å². The van der Waals surface area contributed by atoms with E-state index >= 15 is 0 Å². The Bertz CT molecular complexity index is 871. The Morgan fingerprint density at radius 2 is 1.96 bits per heavy atom. The first-order valence-corrected chi connectivity index (χ1v) is 8.12. The minimum atomic E-state index is -4.05. The van der Waals surface area contributed by atoms with Crippen molar-refractivity contribution < 1.29 is 22.3 Å². The molecule has 2 aromatic carbocycles. The Hall–Kier alpha value is -2.16. The highest BCUT2D eigenvalue weighted by atomic mass is 35.5. The van der Waals surface area contributed by atoms with E-state index in [4.69, 9.17) is 21.5 Å². The lowest BCUT2D eigenvalue weighted by Gasteiger charge is -2.10. The van der Waals surface area contributed by atoms with Gasteiger partial charge in [0.1, 0.15) is 16.5 Å². The van der Waals surface area contributed by atoms with Crippen LogP contribution < -0.4 is 15.2 Å². The minimum Gasteiger partial charge on any atom is -0.495 e. The molecule has 0 radical (unpaired) electrons. The molecule has 0 atom stereocenters. The number of nitrogens with two attached hydrogens (primary N) is 1. The number of amides is 1. The second kappa shape index (κ2) is 6.53. The average molecular weight is 359 g/mol. The van der Waals surface area contributed by atoms with Crippen LogP contribution in [0, 0.1) is 5.82 Å². The minimum absolute atomic E-state index is 0.0307. The van der Waals surface area contributed by atoms with Gasteiger partial charge < -0.3 is 10.1 Å². The van der Waals surface area contributed by atoms with Crippen molar-refractivity contribution in [1.82, 2.24) is 0 Å². The Kier molecular flexibility index (Phi) is 4.88. The van der Waals surface area contributed by atoms with E-state index in [0.717, 1.165) is 12.1 Å². The Labute approximate surface area is 137 Å². The quantitative estimate of drug-likeness (QED) is 0.876. The molecule has 0 unspecified atom stereocenters. The van der Waals surface area contributed by atoms with Crippen LogP contribution in [0.2, 0.25) is 5.02 Å². The monoisotopic (exact) mass is 358 g/mol. The lowest BCUT2D eigenvalue weighted by Crippen LogP contribution is -2.16. The summed E-state index contributed by atoms with van der Waals surface area (Å²) in [6, 6.07) is 7.44. The first-order chi connectivity index (χ1) is 10.7. The van der Waals surface area contributed by atoms with Crippen LogP contribution in [0.3, 0.4) is 0 Å². The van der Waals surface area contributed by atoms with Crippen LogP contribution in [0.4, 0.5) is 10.1 Å². The summed E-state index contributed by atoms with van der Waals surface area (Å²) in [5.41, 5.74) is -0.114. The summed E-state index contributed by atoms with van der Waals surface area (Å²) >= 11 is 5.62. The zero-order valence-corrected chi connectivity index (χ0v) is 13.4. The van der Waals surface area contributed by atoms with Crippen LogP contribution in [0.25, 0.3) is 0 Å². The van der Waals surface area contributed by atoms with Crippen molar-refractivity contribution in [1.29, 1.82) is 0 Å². The van der Waals surface area contributed by atoms with Crippen LogP contribution >= 0.6 is 11.6 Å². The van der Waals surface area contributed by atoms with Gasteiger partial charge in [-0.2, -0.15) is 0 Å². The normalized spacial score (nSPS) is 11.1. The van der Waals surface area contributed by atoms with Crippen LogP contribution in [0.15, 0.2) is 41.3 Å². The maximum atomic E-state index is 13.7. The summed E-state index contributed by atoms with van der Waals surface area (Å²) in [5, 5.41) is 7.63. The van der Waals surface area contributed by atoms with Crippen molar-refractivity contribution >= 4 is 33.2 Å². The number of nitrogens with one attached hydrogen (secondary N) is 1. The van der Waals surface area contributed by atoms with Crippen LogP contribution in [-0.2, 0) is 10.0 Å². The van der Waals surface area contributed by atoms with E-state index in [9.17, 15) is 17.6 Å². The number of anilines is 1. The molecule has 0 aliphatic heterocycles. The third kappa shape index (κ3) is 3.98. The smallest absolute Gasteiger partial charge is 0.258 e. The highest BCUT2D eigenvalue weighted by Crippen LogP contribution is 2.26. The molecule has 0 fully saturated rings. The van der Waals surface area contributed by atoms with Crippen molar-refractivity contribution in [3.8, 4) is 5.75 Å². The van der Waals surface area contributed by atoms with Crippen molar-refractivity contribution in [3.05, 3.63) is 52.8 Å². The van der Waals surface area contributed by atoms with E-state index in [1.807, 2.05) is 0 Å². The summed E-state index contributed by atoms with van der Waals surface area (Å²) in [6.45, 7) is 0. The van der Waals surface area contributed by atoms with Crippen molar-refractivity contribution in [2.24, 2.45) is 5.14 Å². The van der Waals surface area contributed by atoms with Crippen molar-refractivity contribution in [3.63, 3.8) is 0 Å². The Balaban J connectivity index is 2.35. The van der Waals surface area contributed by atoms with Crippen molar-refractivity contribution in [2.75, 3.05) is 12.4 Å². The Morgan fingerprint density at radius 3 is 2.52 bits per heavy atom. The zero-order valence-electron chi connectivity index (χ0n) is 11.8. The number of primary sulfonamides is 1. The molecule has 0 saturated carbocycles. The summed E-state index contributed by atoms with van der Waals surface area (Å²) in [5.74, 6) is -1.52. The molecule has 1 amide bonds. The predicted octanol–water partition coefficient (Wildman–Crippen LogP) is 2.39. The number of benzene rings is 2. The molecule has 6 nitrogen and oxygen atoms in total. The molecule has 9 heteroatoms. The number of carbonyl (C=O) groups excluding carboxylic acids is 1. The van der Waals surface area contributed by atoms with Crippen LogP contribution in [-0.4, -0.2) is 21.4 Å². The molecule has 0 heterocycles. The molecule has 122 valence electrons. The van der Waals surface area contributed by atoms with E-state index < -0.39 is 21.7 Å². The fourth-order valence-electron chi connectivity index (χ4n) is 1.85. The maximum Gasteiger partial charge on any atom is 0.258 e. The van der Waals surface area contributed by atoms with Gasteiger partial charge in [-0.25, -0.2) is 17.9 Å². The van der Waals surface area contributed by atoms with Gasteiger partial charge in [-0.05, 0) is 36.4 Å². The van der Waals surface area contributed by atoms with Gasteiger partial charge in [0.25, 0.3) is 5.91 Å². The lowest BCUT2D eigenvalue weighted by molar-refractivity contribution is 0.102. The van der Waals surface area contributed by atoms with Gasteiger partial charge in [-0.1, -0.05) is 11.6 Å². The standard InChI is InChI=1S/C14H12ClFN2O4S/c1-22-12-5-3-9(7-13(12)23(17,20)21)18-14(19)10-4-2-8(15)6-11(10)16/h2-7H,1H3,(H,18,19)(H2,17,20,21). The third-order valence-corrected chi connectivity index (χ3v) is 4.07. The van der Waals surface area contributed by atoms with E-state index in [1.165, 1.54) is 31.4 Å². The molecule has 2 rings (SSSR count). The van der Waals surface area contributed by atoms with Gasteiger partial charge in [-0.3, -0.25) is 4.79 Å². The number of halogens is 2. The summed E-state index contributed by atoms with van der Waals surface area (Å²) in [4.78, 5) is 11.8. The first kappa shape index (κ1) is 17.2. The van der Waals surface area contributed by atoms with E-state index in [2.05, 4.69) is 5.32 Å². The number of hydrogen-bond acceptors (Lipinski definition) is 4. The predicted molar refractivity (Wildman–Crippen MR) is 83.7 cm³/mol. The number of rotatable bonds is 4. The second-order valence-corrected chi connectivity index (χ2v) is 6.46. The van der Waals surface area contributed by atoms with Gasteiger partial charge in [0.2, 0.25) is 10.0 Å². The molecule has 0 aromatic heterocycles. The maximum absolute atomic E-state index is 13.7. The average Bonchev–Trinajstić information content (AvgIpc) is 2.46. The molecule has 0 aliphatic carbocycles. The molecule has 0 saturated heterocycles. The number of carbonyl (C=O) groups is 1.